The number of rotatable bonds is 14. The first-order valence-electron chi connectivity index (χ1n) is 12.4. The van der Waals surface area contributed by atoms with Gasteiger partial charge in [-0.2, -0.15) is 0 Å². The van der Waals surface area contributed by atoms with Gasteiger partial charge in [0.15, 0.2) is 6.10 Å². The molecule has 0 fully saturated rings. The zero-order chi connectivity index (χ0) is 29.9. The predicted molar refractivity (Wildman–Crippen MR) is 140 cm³/mol. The van der Waals surface area contributed by atoms with Gasteiger partial charge in [0.2, 0.25) is 5.91 Å². The summed E-state index contributed by atoms with van der Waals surface area (Å²) in [6.45, 7) is 5.96. The highest BCUT2D eigenvalue weighted by Gasteiger charge is 2.30. The Morgan fingerprint density at radius 2 is 1.64 bits per heavy atom. The van der Waals surface area contributed by atoms with Gasteiger partial charge in [-0.1, -0.05) is 6.92 Å². The number of carbonyl (C=O) groups excluding carboxylic acids is 5. The standard InChI is InChI=1S/C26H39N3O10/c1-8-20-22(25(35)27-9-18(33)11-30)14(2)24(28-21(34)13-37-7)15(3)23(20)26(36)29(6)10-19(39-17(5)32)12-38-16(4)31/h18-19,30,33H,8-13H2,1-7H3,(H,27,35)(H,28,34). The molecule has 0 bridgehead atoms. The van der Waals surface area contributed by atoms with Crippen LogP contribution in [0.4, 0.5) is 5.69 Å². The van der Waals surface area contributed by atoms with E-state index in [1.54, 1.807) is 20.8 Å². The average Bonchev–Trinajstić information content (AvgIpc) is 2.86. The van der Waals surface area contributed by atoms with E-state index in [0.717, 1.165) is 0 Å². The van der Waals surface area contributed by atoms with Crippen LogP contribution in [0.5, 0.6) is 0 Å². The van der Waals surface area contributed by atoms with Gasteiger partial charge in [-0.3, -0.25) is 24.0 Å². The van der Waals surface area contributed by atoms with Gasteiger partial charge in [0.1, 0.15) is 13.2 Å². The smallest absolute Gasteiger partial charge is 0.303 e. The zero-order valence-electron chi connectivity index (χ0n) is 23.5. The van der Waals surface area contributed by atoms with Crippen LogP contribution in [0.25, 0.3) is 0 Å². The van der Waals surface area contributed by atoms with Crippen LogP contribution in [0.2, 0.25) is 0 Å². The van der Waals surface area contributed by atoms with Crippen molar-refractivity contribution in [1.82, 2.24) is 10.2 Å². The van der Waals surface area contributed by atoms with Crippen LogP contribution in [0.1, 0.15) is 58.2 Å². The second kappa shape index (κ2) is 15.8. The molecule has 0 aliphatic carbocycles. The van der Waals surface area contributed by atoms with Crippen LogP contribution >= 0.6 is 0 Å². The largest absolute Gasteiger partial charge is 0.462 e. The normalized spacial score (nSPS) is 12.2. The molecule has 1 aromatic rings. The Morgan fingerprint density at radius 3 is 2.15 bits per heavy atom. The molecule has 1 aromatic carbocycles. The summed E-state index contributed by atoms with van der Waals surface area (Å²) in [5.41, 5.74) is 1.73. The fourth-order valence-electron chi connectivity index (χ4n) is 4.07. The number of nitrogens with zero attached hydrogens (tertiary/aromatic N) is 1. The van der Waals surface area contributed by atoms with Gasteiger partial charge in [0.05, 0.1) is 19.3 Å². The van der Waals surface area contributed by atoms with Crippen LogP contribution in [0, 0.1) is 13.8 Å². The molecule has 0 aliphatic heterocycles. The number of aliphatic hydroxyl groups is 2. The van der Waals surface area contributed by atoms with Crippen LogP contribution in [-0.4, -0.2) is 104 Å². The second-order valence-electron chi connectivity index (χ2n) is 8.95. The van der Waals surface area contributed by atoms with Crippen LogP contribution < -0.4 is 10.6 Å². The number of carbonyl (C=O) groups is 5. The minimum atomic E-state index is -1.19. The van der Waals surface area contributed by atoms with Gasteiger partial charge in [0, 0.05) is 51.4 Å². The van der Waals surface area contributed by atoms with Crippen molar-refractivity contribution in [2.45, 2.75) is 53.2 Å². The number of hydrogen-bond acceptors (Lipinski definition) is 10. The lowest BCUT2D eigenvalue weighted by molar-refractivity contribution is -0.156. The molecule has 13 nitrogen and oxygen atoms in total. The molecule has 0 saturated carbocycles. The van der Waals surface area contributed by atoms with Crippen molar-refractivity contribution < 1.29 is 48.4 Å². The Kier molecular flexibility index (Phi) is 13.5. The minimum Gasteiger partial charge on any atom is -0.462 e. The molecule has 0 saturated heterocycles. The van der Waals surface area contributed by atoms with Gasteiger partial charge in [-0.15, -0.1) is 0 Å². The number of esters is 2. The fraction of sp³-hybridized carbons (Fsp3) is 0.577. The highest BCUT2D eigenvalue weighted by Crippen LogP contribution is 2.33. The number of aliphatic hydroxyl groups excluding tert-OH is 2. The number of methoxy groups -OCH3 is 1. The monoisotopic (exact) mass is 553 g/mol. The van der Waals surface area contributed by atoms with Gasteiger partial charge < -0.3 is 40.0 Å². The molecule has 0 spiro atoms. The SMILES string of the molecule is CCc1c(C(=O)NCC(O)CO)c(C)c(NC(=O)COC)c(C)c1C(=O)N(C)CC(COC(C)=O)OC(C)=O. The number of anilines is 1. The van der Waals surface area contributed by atoms with Crippen molar-refractivity contribution in [3.63, 3.8) is 0 Å². The maximum atomic E-state index is 13.8. The number of benzene rings is 1. The van der Waals surface area contributed by atoms with E-state index < -0.39 is 48.5 Å². The molecular weight excluding hydrogens is 514 g/mol. The third-order valence-corrected chi connectivity index (χ3v) is 5.78. The summed E-state index contributed by atoms with van der Waals surface area (Å²) in [6, 6.07) is 0. The summed E-state index contributed by atoms with van der Waals surface area (Å²) in [5, 5.41) is 24.1. The molecule has 0 heterocycles. The third-order valence-electron chi connectivity index (χ3n) is 5.78. The Hall–Kier alpha value is -3.55. The van der Waals surface area contributed by atoms with E-state index >= 15 is 0 Å². The number of hydrogen-bond donors (Lipinski definition) is 4. The first kappa shape index (κ1) is 33.5. The van der Waals surface area contributed by atoms with E-state index in [-0.39, 0.29) is 49.5 Å². The number of ether oxygens (including phenoxy) is 3. The van der Waals surface area contributed by atoms with Crippen LogP contribution in [0.15, 0.2) is 0 Å². The lowest BCUT2D eigenvalue weighted by atomic mass is 9.87. The maximum absolute atomic E-state index is 13.8. The van der Waals surface area contributed by atoms with Gasteiger partial charge >= 0.3 is 11.9 Å². The molecule has 0 aromatic heterocycles. The van der Waals surface area contributed by atoms with E-state index in [9.17, 15) is 29.1 Å². The molecule has 39 heavy (non-hydrogen) atoms. The molecular formula is C26H39N3O10. The molecule has 0 aliphatic rings. The van der Waals surface area contributed by atoms with Crippen molar-refractivity contribution >= 4 is 35.3 Å². The predicted octanol–water partition coefficient (Wildman–Crippen LogP) is 0.101. The second-order valence-corrected chi connectivity index (χ2v) is 8.95. The topological polar surface area (TPSA) is 181 Å². The lowest BCUT2D eigenvalue weighted by Crippen LogP contribution is -2.40. The first-order valence-corrected chi connectivity index (χ1v) is 12.4. The molecule has 2 atom stereocenters. The molecule has 2 unspecified atom stereocenters. The van der Waals surface area contributed by atoms with Crippen molar-refractivity contribution in [3.05, 3.63) is 27.8 Å². The fourth-order valence-corrected chi connectivity index (χ4v) is 4.07. The number of amides is 3. The third kappa shape index (κ3) is 9.61. The molecule has 1 rings (SSSR count). The summed E-state index contributed by atoms with van der Waals surface area (Å²) < 4.78 is 15.1. The minimum absolute atomic E-state index is 0.127. The van der Waals surface area contributed by atoms with E-state index in [4.69, 9.17) is 19.3 Å². The molecule has 4 N–H and O–H groups in total. The van der Waals surface area contributed by atoms with Crippen molar-refractivity contribution in [2.24, 2.45) is 0 Å². The van der Waals surface area contributed by atoms with E-state index in [0.29, 0.717) is 16.7 Å². The van der Waals surface area contributed by atoms with E-state index in [1.165, 1.54) is 32.9 Å². The average molecular weight is 554 g/mol. The molecule has 0 radical (unpaired) electrons. The van der Waals surface area contributed by atoms with Gasteiger partial charge in [-0.05, 0) is 37.0 Å². The molecule has 3 amide bonds. The van der Waals surface area contributed by atoms with Crippen molar-refractivity contribution in [2.75, 3.05) is 52.4 Å². The van der Waals surface area contributed by atoms with Crippen molar-refractivity contribution in [3.8, 4) is 0 Å². The Balaban J connectivity index is 3.64. The number of likely N-dealkylation sites (N-methyl/N-ethyl adjacent to an activating group) is 1. The summed E-state index contributed by atoms with van der Waals surface area (Å²) in [7, 11) is 2.82. The van der Waals surface area contributed by atoms with Gasteiger partial charge in [0.25, 0.3) is 11.8 Å². The van der Waals surface area contributed by atoms with E-state index in [2.05, 4.69) is 10.6 Å². The summed E-state index contributed by atoms with van der Waals surface area (Å²) >= 11 is 0. The summed E-state index contributed by atoms with van der Waals surface area (Å²) in [5.74, 6) is -2.85. The zero-order valence-corrected chi connectivity index (χ0v) is 23.5. The molecule has 13 heteroatoms. The Morgan fingerprint density at radius 1 is 1.03 bits per heavy atom. The summed E-state index contributed by atoms with van der Waals surface area (Å²) in [4.78, 5) is 63.6. The highest BCUT2D eigenvalue weighted by molar-refractivity contribution is 6.08. The quantitative estimate of drug-likeness (QED) is 0.231. The van der Waals surface area contributed by atoms with Crippen molar-refractivity contribution in [1.29, 1.82) is 0 Å². The first-order chi connectivity index (χ1) is 18.3. The maximum Gasteiger partial charge on any atom is 0.303 e. The van der Waals surface area contributed by atoms with Gasteiger partial charge in [-0.25, -0.2) is 0 Å². The number of nitrogens with one attached hydrogen (secondary N) is 2. The highest BCUT2D eigenvalue weighted by atomic mass is 16.6. The van der Waals surface area contributed by atoms with Crippen LogP contribution in [0.3, 0.4) is 0 Å². The Bertz CT molecular complexity index is 1070. The summed E-state index contributed by atoms with van der Waals surface area (Å²) in [6.07, 6.45) is -1.87. The van der Waals surface area contributed by atoms with E-state index in [1.807, 2.05) is 0 Å². The molecule has 218 valence electrons. The Labute approximate surface area is 227 Å². The lowest BCUT2D eigenvalue weighted by Gasteiger charge is -2.28. The van der Waals surface area contributed by atoms with Crippen LogP contribution in [-0.2, 0) is 35.0 Å².